The van der Waals surface area contributed by atoms with Gasteiger partial charge in [-0.25, -0.2) is 0 Å². The van der Waals surface area contributed by atoms with Crippen molar-refractivity contribution in [3.63, 3.8) is 0 Å². The van der Waals surface area contributed by atoms with E-state index < -0.39 is 86.8 Å². The number of allylic oxidation sites excluding steroid dienone is 2. The summed E-state index contributed by atoms with van der Waals surface area (Å²) >= 11 is 0. The number of carbonyl (C=O) groups excluding carboxylic acids is 1. The summed E-state index contributed by atoms with van der Waals surface area (Å²) in [5, 5.41) is 87.2. The van der Waals surface area contributed by atoms with Crippen molar-refractivity contribution in [3.8, 4) is 0 Å². The zero-order valence-electron chi connectivity index (χ0n) is 52.1. The normalized spacial score (nSPS) is 24.1. The maximum Gasteiger partial charge on any atom is 0.220 e. The Morgan fingerprint density at radius 1 is 0.432 bits per heavy atom. The molecular weight excluding hydrogens is 1030 g/mol. The van der Waals surface area contributed by atoms with Gasteiger partial charge in [-0.05, 0) is 38.5 Å². The number of hydrogen-bond donors (Lipinski definition) is 9. The topological polar surface area (TPSA) is 228 Å². The maximum absolute atomic E-state index is 13.3. The molecule has 14 heteroatoms. The van der Waals surface area contributed by atoms with E-state index in [9.17, 15) is 45.6 Å². The third-order valence-electron chi connectivity index (χ3n) is 17.2. The van der Waals surface area contributed by atoms with E-state index in [2.05, 4.69) is 31.3 Å². The average molecular weight is 1160 g/mol. The molecule has 2 fully saturated rings. The second kappa shape index (κ2) is 53.0. The third kappa shape index (κ3) is 37.8. The van der Waals surface area contributed by atoms with Gasteiger partial charge in [0.15, 0.2) is 12.6 Å². The molecule has 14 nitrogen and oxygen atoms in total. The Labute approximate surface area is 495 Å². The Hall–Kier alpha value is -1.27. The molecule has 2 aliphatic heterocycles. The molecule has 480 valence electrons. The molecule has 0 spiro atoms. The van der Waals surface area contributed by atoms with Crippen LogP contribution in [0.4, 0.5) is 0 Å². The molecule has 2 saturated heterocycles. The van der Waals surface area contributed by atoms with Gasteiger partial charge >= 0.3 is 0 Å². The fourth-order valence-electron chi connectivity index (χ4n) is 11.7. The Kier molecular flexibility index (Phi) is 49.6. The summed E-state index contributed by atoms with van der Waals surface area (Å²) in [5.41, 5.74) is 0. The highest BCUT2D eigenvalue weighted by Crippen LogP contribution is 2.30. The van der Waals surface area contributed by atoms with Crippen molar-refractivity contribution in [2.75, 3.05) is 19.8 Å². The molecule has 1 amide bonds. The summed E-state index contributed by atoms with van der Waals surface area (Å²) in [5.74, 6) is -0.202. The number of unbranched alkanes of at least 4 members (excludes halogenated alkanes) is 42. The average Bonchev–Trinajstić information content (AvgIpc) is 3.51. The highest BCUT2D eigenvalue weighted by Gasteiger charge is 2.51. The Morgan fingerprint density at radius 2 is 0.778 bits per heavy atom. The van der Waals surface area contributed by atoms with Crippen molar-refractivity contribution in [1.82, 2.24) is 5.32 Å². The van der Waals surface area contributed by atoms with Crippen LogP contribution in [-0.4, -0.2) is 140 Å². The van der Waals surface area contributed by atoms with E-state index in [1.807, 2.05) is 0 Å². The van der Waals surface area contributed by atoms with Crippen LogP contribution < -0.4 is 5.32 Å². The minimum absolute atomic E-state index is 0.202. The van der Waals surface area contributed by atoms with Crippen LogP contribution in [0.2, 0.25) is 0 Å². The Bertz CT molecular complexity index is 1410. The first-order chi connectivity index (χ1) is 39.6. The van der Waals surface area contributed by atoms with Crippen molar-refractivity contribution in [2.24, 2.45) is 0 Å². The quantitative estimate of drug-likeness (QED) is 0.0204. The Morgan fingerprint density at radius 3 is 1.17 bits per heavy atom. The van der Waals surface area contributed by atoms with Crippen molar-refractivity contribution in [2.45, 2.75) is 389 Å². The first-order valence-corrected chi connectivity index (χ1v) is 34.4. The molecule has 0 aromatic heterocycles. The summed E-state index contributed by atoms with van der Waals surface area (Å²) in [4.78, 5) is 13.3. The molecule has 2 heterocycles. The number of aliphatic hydroxyl groups excluding tert-OH is 8. The van der Waals surface area contributed by atoms with Gasteiger partial charge in [-0.2, -0.15) is 0 Å². The van der Waals surface area contributed by atoms with Gasteiger partial charge in [-0.15, -0.1) is 0 Å². The summed E-state index contributed by atoms with van der Waals surface area (Å²) in [6, 6.07) is -0.823. The van der Waals surface area contributed by atoms with Gasteiger partial charge in [0, 0.05) is 6.42 Å². The number of rotatable bonds is 57. The Balaban J connectivity index is 1.52. The second-order valence-electron chi connectivity index (χ2n) is 24.7. The van der Waals surface area contributed by atoms with E-state index >= 15 is 0 Å². The van der Waals surface area contributed by atoms with Gasteiger partial charge < -0.3 is 65.1 Å². The van der Waals surface area contributed by atoms with Crippen LogP contribution >= 0.6 is 0 Å². The van der Waals surface area contributed by atoms with Crippen molar-refractivity contribution in [1.29, 1.82) is 0 Å². The second-order valence-corrected chi connectivity index (χ2v) is 24.7. The fourth-order valence-corrected chi connectivity index (χ4v) is 11.7. The first kappa shape index (κ1) is 75.8. The summed E-state index contributed by atoms with van der Waals surface area (Å²) in [7, 11) is 0. The lowest BCUT2D eigenvalue weighted by Gasteiger charge is -2.46. The van der Waals surface area contributed by atoms with E-state index in [-0.39, 0.29) is 12.5 Å². The lowest BCUT2D eigenvalue weighted by molar-refractivity contribution is -0.359. The highest BCUT2D eigenvalue weighted by molar-refractivity contribution is 5.76. The predicted molar refractivity (Wildman–Crippen MR) is 328 cm³/mol. The zero-order valence-corrected chi connectivity index (χ0v) is 52.1. The van der Waals surface area contributed by atoms with Gasteiger partial charge in [0.05, 0.1) is 32.0 Å². The number of aliphatic hydroxyl groups is 8. The number of nitrogens with one attached hydrogen (secondary N) is 1. The van der Waals surface area contributed by atoms with E-state index in [0.717, 1.165) is 51.4 Å². The molecule has 81 heavy (non-hydrogen) atoms. The number of carbonyl (C=O) groups is 1. The zero-order chi connectivity index (χ0) is 58.8. The first-order valence-electron chi connectivity index (χ1n) is 34.4. The molecule has 9 N–H and O–H groups in total. The van der Waals surface area contributed by atoms with Crippen LogP contribution in [0.3, 0.4) is 0 Å². The van der Waals surface area contributed by atoms with Crippen molar-refractivity contribution in [3.05, 3.63) is 12.2 Å². The van der Waals surface area contributed by atoms with Crippen LogP contribution in [0.5, 0.6) is 0 Å². The van der Waals surface area contributed by atoms with E-state index in [4.69, 9.17) is 18.9 Å². The molecular formula is C67H129NO13. The molecule has 0 bridgehead atoms. The molecule has 0 aromatic carbocycles. The smallest absolute Gasteiger partial charge is 0.220 e. The van der Waals surface area contributed by atoms with Gasteiger partial charge in [-0.3, -0.25) is 4.79 Å². The van der Waals surface area contributed by atoms with Crippen LogP contribution in [0.25, 0.3) is 0 Å². The van der Waals surface area contributed by atoms with Gasteiger partial charge in [0.2, 0.25) is 5.91 Å². The van der Waals surface area contributed by atoms with Crippen LogP contribution in [0, 0.1) is 0 Å². The van der Waals surface area contributed by atoms with E-state index in [1.165, 1.54) is 238 Å². The van der Waals surface area contributed by atoms with Gasteiger partial charge in [0.25, 0.3) is 0 Å². The molecule has 0 radical (unpaired) electrons. The SMILES string of the molecule is CCCCCCCCCC/C=C\CCCCCCCCCCCCCCCCCCCCCCCCCCCC(=O)NC(COC1OC(CO)C(OC2OC(CO)C(O)C(O)C2O)C(O)C1O)C(O)CCCCCCCCCCCC. The molecule has 0 saturated carbocycles. The number of amides is 1. The summed E-state index contributed by atoms with van der Waals surface area (Å²) in [6.07, 6.45) is 47.1. The van der Waals surface area contributed by atoms with Crippen LogP contribution in [-0.2, 0) is 23.7 Å². The standard InChI is InChI=1S/C67H129NO13/c1-3-5-7-9-11-13-15-16-17-18-19-20-21-22-23-24-25-26-27-28-29-30-31-32-33-34-35-36-37-38-39-40-41-43-45-47-49-51-59(72)68-55(56(71)50-48-46-44-42-14-12-10-8-6-4-2)54-78-66-64(77)62(75)65(58(53-70)80-66)81-67-63(76)61(74)60(73)57(52-69)79-67/h18-19,55-58,60-67,69-71,73-77H,3-17,20-54H2,1-2H3,(H,68,72)/b19-18-. The lowest BCUT2D eigenvalue weighted by atomic mass is 9.97. The molecule has 12 atom stereocenters. The van der Waals surface area contributed by atoms with Crippen molar-refractivity contribution >= 4 is 5.91 Å². The fraction of sp³-hybridized carbons (Fsp3) is 0.955. The third-order valence-corrected chi connectivity index (χ3v) is 17.2. The monoisotopic (exact) mass is 1160 g/mol. The molecule has 12 unspecified atom stereocenters. The molecule has 0 aromatic rings. The summed E-state index contributed by atoms with van der Waals surface area (Å²) < 4.78 is 22.8. The van der Waals surface area contributed by atoms with Crippen molar-refractivity contribution < 1.29 is 64.6 Å². The lowest BCUT2D eigenvalue weighted by Crippen LogP contribution is -2.65. The van der Waals surface area contributed by atoms with Crippen LogP contribution in [0.15, 0.2) is 12.2 Å². The van der Waals surface area contributed by atoms with Gasteiger partial charge in [-0.1, -0.05) is 283 Å². The largest absolute Gasteiger partial charge is 0.394 e. The predicted octanol–water partition coefficient (Wildman–Crippen LogP) is 13.4. The number of hydrogen-bond acceptors (Lipinski definition) is 13. The minimum Gasteiger partial charge on any atom is -0.394 e. The molecule has 2 rings (SSSR count). The van der Waals surface area contributed by atoms with Gasteiger partial charge in [0.1, 0.15) is 48.8 Å². The summed E-state index contributed by atoms with van der Waals surface area (Å²) in [6.45, 7) is 2.87. The maximum atomic E-state index is 13.3. The molecule has 2 aliphatic rings. The highest BCUT2D eigenvalue weighted by atomic mass is 16.7. The van der Waals surface area contributed by atoms with Crippen LogP contribution in [0.1, 0.15) is 316 Å². The van der Waals surface area contributed by atoms with E-state index in [1.54, 1.807) is 0 Å². The molecule has 0 aliphatic carbocycles. The minimum atomic E-state index is -1.78. The van der Waals surface area contributed by atoms with E-state index in [0.29, 0.717) is 12.8 Å². The number of ether oxygens (including phenoxy) is 4.